The van der Waals surface area contributed by atoms with Crippen LogP contribution in [0.4, 0.5) is 11.8 Å². The highest BCUT2D eigenvalue weighted by Gasteiger charge is 2.26. The molecule has 2 rings (SSSR count). The molecule has 0 amide bonds. The third-order valence-electron chi connectivity index (χ3n) is 3.41. The van der Waals surface area contributed by atoms with Gasteiger partial charge in [0.2, 0.25) is 5.95 Å². The van der Waals surface area contributed by atoms with Crippen LogP contribution in [0.2, 0.25) is 0 Å². The summed E-state index contributed by atoms with van der Waals surface area (Å²) in [5.41, 5.74) is 1.07. The Morgan fingerprint density at radius 1 is 1.50 bits per heavy atom. The molecule has 0 spiro atoms. The summed E-state index contributed by atoms with van der Waals surface area (Å²) >= 11 is 0. The molecule has 0 saturated heterocycles. The zero-order chi connectivity index (χ0) is 13.0. The van der Waals surface area contributed by atoms with Crippen LogP contribution in [0.5, 0.6) is 0 Å². The van der Waals surface area contributed by atoms with E-state index in [1.165, 1.54) is 19.3 Å². The Hall–Kier alpha value is -1.36. The third kappa shape index (κ3) is 2.72. The average molecular weight is 250 g/mol. The maximum atomic E-state index is 9.23. The summed E-state index contributed by atoms with van der Waals surface area (Å²) in [6.45, 7) is 5.67. The number of anilines is 2. The molecule has 100 valence electrons. The van der Waals surface area contributed by atoms with Gasteiger partial charge in [0.1, 0.15) is 5.82 Å². The van der Waals surface area contributed by atoms with Crippen LogP contribution < -0.4 is 10.2 Å². The van der Waals surface area contributed by atoms with Gasteiger partial charge in [-0.2, -0.15) is 4.98 Å². The SMILES string of the molecule is CCNc1ncc(C)c(N(CCO)C2CCC2)n1. The summed E-state index contributed by atoms with van der Waals surface area (Å²) < 4.78 is 0. The number of nitrogens with zero attached hydrogens (tertiary/aromatic N) is 3. The van der Waals surface area contributed by atoms with Gasteiger partial charge >= 0.3 is 0 Å². The lowest BCUT2D eigenvalue weighted by Gasteiger charge is -2.38. The van der Waals surface area contributed by atoms with Crippen LogP contribution in [0.1, 0.15) is 31.7 Å². The number of aliphatic hydroxyl groups is 1. The minimum Gasteiger partial charge on any atom is -0.395 e. The van der Waals surface area contributed by atoms with Gasteiger partial charge in [-0.05, 0) is 33.1 Å². The van der Waals surface area contributed by atoms with E-state index in [0.717, 1.165) is 17.9 Å². The summed E-state index contributed by atoms with van der Waals surface area (Å²) in [6.07, 6.45) is 5.51. The minimum atomic E-state index is 0.163. The van der Waals surface area contributed by atoms with Crippen LogP contribution in [0, 0.1) is 6.92 Å². The number of hydrogen-bond donors (Lipinski definition) is 2. The molecule has 2 N–H and O–H groups in total. The van der Waals surface area contributed by atoms with E-state index < -0.39 is 0 Å². The predicted molar refractivity (Wildman–Crippen MR) is 73.0 cm³/mol. The molecule has 1 heterocycles. The van der Waals surface area contributed by atoms with E-state index in [9.17, 15) is 5.11 Å². The second-order valence-corrected chi connectivity index (χ2v) is 4.73. The molecule has 1 aromatic heterocycles. The van der Waals surface area contributed by atoms with Gasteiger partial charge < -0.3 is 15.3 Å². The monoisotopic (exact) mass is 250 g/mol. The van der Waals surface area contributed by atoms with Crippen molar-refractivity contribution >= 4 is 11.8 Å². The summed E-state index contributed by atoms with van der Waals surface area (Å²) in [7, 11) is 0. The van der Waals surface area contributed by atoms with Crippen molar-refractivity contribution in [3.8, 4) is 0 Å². The van der Waals surface area contributed by atoms with Crippen molar-refractivity contribution in [2.24, 2.45) is 0 Å². The normalized spacial score (nSPS) is 15.3. The zero-order valence-electron chi connectivity index (χ0n) is 11.2. The van der Waals surface area contributed by atoms with Gasteiger partial charge in [0.15, 0.2) is 0 Å². The smallest absolute Gasteiger partial charge is 0.224 e. The van der Waals surface area contributed by atoms with Gasteiger partial charge in [0, 0.05) is 30.9 Å². The molecule has 1 aliphatic carbocycles. The number of aryl methyl sites for hydroxylation is 1. The molecule has 1 aliphatic rings. The van der Waals surface area contributed by atoms with Crippen molar-refractivity contribution in [3.05, 3.63) is 11.8 Å². The first-order chi connectivity index (χ1) is 8.76. The lowest BCUT2D eigenvalue weighted by atomic mass is 9.91. The van der Waals surface area contributed by atoms with Crippen molar-refractivity contribution in [3.63, 3.8) is 0 Å². The van der Waals surface area contributed by atoms with E-state index in [1.807, 2.05) is 20.0 Å². The quantitative estimate of drug-likeness (QED) is 0.802. The first-order valence-corrected chi connectivity index (χ1v) is 6.71. The molecule has 0 radical (unpaired) electrons. The molecule has 0 bridgehead atoms. The average Bonchev–Trinajstić information content (AvgIpc) is 2.29. The third-order valence-corrected chi connectivity index (χ3v) is 3.41. The maximum Gasteiger partial charge on any atom is 0.224 e. The fourth-order valence-corrected chi connectivity index (χ4v) is 2.23. The summed E-state index contributed by atoms with van der Waals surface area (Å²) in [5, 5.41) is 12.4. The predicted octanol–water partition coefficient (Wildman–Crippen LogP) is 1.57. The molecule has 5 nitrogen and oxygen atoms in total. The highest BCUT2D eigenvalue weighted by atomic mass is 16.3. The molecule has 18 heavy (non-hydrogen) atoms. The number of aromatic nitrogens is 2. The molecule has 1 fully saturated rings. The van der Waals surface area contributed by atoms with Crippen LogP contribution >= 0.6 is 0 Å². The Morgan fingerprint density at radius 2 is 2.28 bits per heavy atom. The first-order valence-electron chi connectivity index (χ1n) is 6.71. The molecule has 0 aliphatic heterocycles. The number of hydrogen-bond acceptors (Lipinski definition) is 5. The second kappa shape index (κ2) is 6.00. The molecular formula is C13H22N4O. The summed E-state index contributed by atoms with van der Waals surface area (Å²) in [4.78, 5) is 11.1. The molecule has 5 heteroatoms. The Bertz CT molecular complexity index is 393. The molecule has 1 aromatic rings. The lowest BCUT2D eigenvalue weighted by Crippen LogP contribution is -2.43. The molecule has 0 unspecified atom stereocenters. The van der Waals surface area contributed by atoms with E-state index in [0.29, 0.717) is 18.5 Å². The van der Waals surface area contributed by atoms with Gasteiger partial charge in [-0.15, -0.1) is 0 Å². The van der Waals surface area contributed by atoms with Gasteiger partial charge in [-0.3, -0.25) is 0 Å². The van der Waals surface area contributed by atoms with Crippen LogP contribution in [0.25, 0.3) is 0 Å². The van der Waals surface area contributed by atoms with Crippen LogP contribution in [0.3, 0.4) is 0 Å². The van der Waals surface area contributed by atoms with E-state index in [2.05, 4.69) is 20.2 Å². The Morgan fingerprint density at radius 3 is 2.83 bits per heavy atom. The first kappa shape index (κ1) is 13.1. The fraction of sp³-hybridized carbons (Fsp3) is 0.692. The molecule has 0 atom stereocenters. The summed E-state index contributed by atoms with van der Waals surface area (Å²) in [6, 6.07) is 0.528. The maximum absolute atomic E-state index is 9.23. The Balaban J connectivity index is 2.23. The molecule has 0 aromatic carbocycles. The van der Waals surface area contributed by atoms with E-state index in [4.69, 9.17) is 0 Å². The van der Waals surface area contributed by atoms with Crippen LogP contribution in [0.15, 0.2) is 6.20 Å². The highest BCUT2D eigenvalue weighted by molar-refractivity contribution is 5.50. The van der Waals surface area contributed by atoms with Gasteiger partial charge in [0.05, 0.1) is 6.61 Å². The standard InChI is InChI=1S/C13H22N4O/c1-3-14-13-15-9-10(2)12(16-13)17(7-8-18)11-5-4-6-11/h9,11,18H,3-8H2,1-2H3,(H,14,15,16). The van der Waals surface area contributed by atoms with Crippen LogP contribution in [-0.2, 0) is 0 Å². The van der Waals surface area contributed by atoms with E-state index in [-0.39, 0.29) is 6.61 Å². The van der Waals surface area contributed by atoms with Crippen molar-refractivity contribution in [1.82, 2.24) is 9.97 Å². The van der Waals surface area contributed by atoms with E-state index in [1.54, 1.807) is 0 Å². The van der Waals surface area contributed by atoms with Gasteiger partial charge in [-0.1, -0.05) is 0 Å². The van der Waals surface area contributed by atoms with Crippen molar-refractivity contribution in [1.29, 1.82) is 0 Å². The Kier molecular flexibility index (Phi) is 4.36. The number of nitrogens with one attached hydrogen (secondary N) is 1. The van der Waals surface area contributed by atoms with Crippen LogP contribution in [-0.4, -0.2) is 40.8 Å². The highest BCUT2D eigenvalue weighted by Crippen LogP contribution is 2.30. The second-order valence-electron chi connectivity index (χ2n) is 4.73. The zero-order valence-corrected chi connectivity index (χ0v) is 11.2. The van der Waals surface area contributed by atoms with Crippen molar-refractivity contribution < 1.29 is 5.11 Å². The topological polar surface area (TPSA) is 61.3 Å². The largest absolute Gasteiger partial charge is 0.395 e. The molecule has 1 saturated carbocycles. The summed E-state index contributed by atoms with van der Waals surface area (Å²) in [5.74, 6) is 1.63. The van der Waals surface area contributed by atoms with Gasteiger partial charge in [0.25, 0.3) is 0 Å². The minimum absolute atomic E-state index is 0.163. The number of aliphatic hydroxyl groups excluding tert-OH is 1. The van der Waals surface area contributed by atoms with E-state index >= 15 is 0 Å². The van der Waals surface area contributed by atoms with Crippen molar-refractivity contribution in [2.75, 3.05) is 29.9 Å². The lowest BCUT2D eigenvalue weighted by molar-refractivity contribution is 0.283. The van der Waals surface area contributed by atoms with Crippen molar-refractivity contribution in [2.45, 2.75) is 39.2 Å². The number of rotatable bonds is 6. The van der Waals surface area contributed by atoms with Gasteiger partial charge in [-0.25, -0.2) is 4.98 Å². The fourth-order valence-electron chi connectivity index (χ4n) is 2.23. The molecular weight excluding hydrogens is 228 g/mol. The Labute approximate surface area is 108 Å².